The predicted molar refractivity (Wildman–Crippen MR) is 297 cm³/mol. The summed E-state index contributed by atoms with van der Waals surface area (Å²) in [6.45, 7) is 9.93. The van der Waals surface area contributed by atoms with Gasteiger partial charge in [-0.25, -0.2) is 4.79 Å². The molecular formula is C53H85N15O14. The van der Waals surface area contributed by atoms with Crippen molar-refractivity contribution in [1.29, 1.82) is 0 Å². The van der Waals surface area contributed by atoms with Gasteiger partial charge in [0.2, 0.25) is 65.0 Å². The van der Waals surface area contributed by atoms with Gasteiger partial charge in [0.05, 0.1) is 12.6 Å². The van der Waals surface area contributed by atoms with Crippen molar-refractivity contribution in [2.75, 3.05) is 26.2 Å². The molecule has 0 bridgehead atoms. The fourth-order valence-corrected chi connectivity index (χ4v) is 9.41. The van der Waals surface area contributed by atoms with Crippen molar-refractivity contribution in [3.8, 4) is 5.75 Å². The standard InChI is InChI=1S/C53H85N15O14/c1-27(2)24-36(45(74)60-26-41(72)67-22-8-11-37(67)47(76)65-42(28(3)4)49(78)63-35(52(81)82)10-7-21-59-53(57)58)64-50(79)43(29(5)6)66-48(77)38-12-9-23-68(38)51(80)34(18-20-40(56)71)62-46(75)33(17-19-39(55)70)61-44(73)32(54)25-30-13-15-31(69)16-14-30/h13-16,27-29,32-38,42-43,69H,7-12,17-26,54H2,1-6H3,(H2,55,70)(H2,56,71)(H,60,74)(H,61,73)(H,62,75)(H,63,78)(H,64,79)(H,65,76)(H,66,77)(H,81,82)(H4,57,58,59)/t32-,33-,34-,35-,36-,37-,38-,42-,43-/m0/s1. The van der Waals surface area contributed by atoms with E-state index in [1.807, 2.05) is 0 Å². The summed E-state index contributed by atoms with van der Waals surface area (Å²) in [5, 5.41) is 37.5. The number of likely N-dealkylation sites (tertiary alicyclic amines) is 2. The van der Waals surface area contributed by atoms with Crippen molar-refractivity contribution in [1.82, 2.24) is 47.0 Å². The first-order valence-electron chi connectivity index (χ1n) is 27.6. The van der Waals surface area contributed by atoms with E-state index in [1.165, 1.54) is 21.9 Å². The number of rotatable bonds is 33. The van der Waals surface area contributed by atoms with Crippen LogP contribution in [0.25, 0.3) is 0 Å². The van der Waals surface area contributed by atoms with Crippen LogP contribution in [-0.4, -0.2) is 177 Å². The molecule has 19 N–H and O–H groups in total. The van der Waals surface area contributed by atoms with Crippen LogP contribution in [0, 0.1) is 17.8 Å². The number of nitrogens with zero attached hydrogens (tertiary/aromatic N) is 3. The highest BCUT2D eigenvalue weighted by atomic mass is 16.4. The molecule has 29 nitrogen and oxygen atoms in total. The number of carboxylic acid groups (broad SMARTS) is 1. The number of hydrogen-bond acceptors (Lipinski definition) is 15. The summed E-state index contributed by atoms with van der Waals surface area (Å²) in [7, 11) is 0. The summed E-state index contributed by atoms with van der Waals surface area (Å²) < 4.78 is 0. The number of carboxylic acids is 1. The summed E-state index contributed by atoms with van der Waals surface area (Å²) in [4.78, 5) is 166. The molecule has 0 spiro atoms. The van der Waals surface area contributed by atoms with Gasteiger partial charge in [0.15, 0.2) is 5.96 Å². The number of nitrogens with one attached hydrogen (secondary N) is 7. The Labute approximate surface area is 476 Å². The molecule has 0 aromatic heterocycles. The Bertz CT molecular complexity index is 2470. The van der Waals surface area contributed by atoms with Gasteiger partial charge in [0.25, 0.3) is 0 Å². The Morgan fingerprint density at radius 1 is 0.610 bits per heavy atom. The maximum atomic E-state index is 14.3. The Kier molecular flexibility index (Phi) is 27.4. The molecule has 2 fully saturated rings. The highest BCUT2D eigenvalue weighted by Crippen LogP contribution is 2.22. The molecule has 2 saturated heterocycles. The van der Waals surface area contributed by atoms with Crippen LogP contribution < -0.4 is 65.9 Å². The molecule has 1 aromatic rings. The third-order valence-corrected chi connectivity index (χ3v) is 13.9. The minimum absolute atomic E-state index is 0.00141. The van der Waals surface area contributed by atoms with Gasteiger partial charge in [-0.2, -0.15) is 0 Å². The molecule has 3 rings (SSSR count). The largest absolute Gasteiger partial charge is 0.508 e. The second kappa shape index (κ2) is 33.0. The second-order valence-electron chi connectivity index (χ2n) is 21.8. The number of nitrogens with two attached hydrogens (primary N) is 5. The van der Waals surface area contributed by atoms with Gasteiger partial charge in [0.1, 0.15) is 54.1 Å². The Morgan fingerprint density at radius 2 is 1.10 bits per heavy atom. The van der Waals surface area contributed by atoms with E-state index < -0.39 is 144 Å². The topological polar surface area (TPSA) is 478 Å². The number of aromatic hydroxyl groups is 1. The van der Waals surface area contributed by atoms with E-state index in [2.05, 4.69) is 42.2 Å². The highest BCUT2D eigenvalue weighted by molar-refractivity contribution is 5.98. The quantitative estimate of drug-likeness (QED) is 0.0183. The number of benzene rings is 1. The zero-order valence-corrected chi connectivity index (χ0v) is 47.6. The van der Waals surface area contributed by atoms with E-state index in [0.717, 1.165) is 0 Å². The lowest BCUT2D eigenvalue weighted by Gasteiger charge is -2.31. The number of carbonyl (C=O) groups is 12. The third kappa shape index (κ3) is 22.1. The first-order chi connectivity index (χ1) is 38.5. The predicted octanol–water partition coefficient (Wildman–Crippen LogP) is -3.70. The molecule has 456 valence electrons. The van der Waals surface area contributed by atoms with Crippen molar-refractivity contribution >= 4 is 76.9 Å². The fraction of sp³-hybridized carbons (Fsp3) is 0.642. The van der Waals surface area contributed by atoms with Gasteiger partial charge in [-0.05, 0) is 99.7 Å². The molecule has 29 heteroatoms. The van der Waals surface area contributed by atoms with Gasteiger partial charge in [-0.3, -0.25) is 57.7 Å². The van der Waals surface area contributed by atoms with Crippen LogP contribution in [0.3, 0.4) is 0 Å². The number of primary amides is 2. The SMILES string of the molecule is CC(C)C[C@H](NC(=O)[C@@H](NC(=O)[C@@H]1CCCN1C(=O)[C@H](CCC(N)=O)NC(=O)[C@H](CCC(N)=O)NC(=O)[C@@H](N)Cc1ccc(O)cc1)C(C)C)C(=O)NCC(=O)N1CCC[C@H]1C(=O)N[C@H](C(=O)N[C@@H](CCCN=C(N)N)C(=O)O)C(C)C. The Morgan fingerprint density at radius 3 is 1.60 bits per heavy atom. The van der Waals surface area contributed by atoms with Gasteiger partial charge in [0, 0.05) is 32.5 Å². The number of aliphatic carboxylic acids is 1. The maximum absolute atomic E-state index is 14.3. The molecule has 2 aliphatic heterocycles. The van der Waals surface area contributed by atoms with Crippen LogP contribution in [0.5, 0.6) is 5.75 Å². The van der Waals surface area contributed by atoms with Crippen LogP contribution >= 0.6 is 0 Å². The fourth-order valence-electron chi connectivity index (χ4n) is 9.41. The number of phenolic OH excluding ortho intramolecular Hbond substituents is 1. The van der Waals surface area contributed by atoms with E-state index >= 15 is 0 Å². The number of amides is 11. The van der Waals surface area contributed by atoms with E-state index in [0.29, 0.717) is 18.4 Å². The van der Waals surface area contributed by atoms with Gasteiger partial charge < -0.3 is 85.9 Å². The monoisotopic (exact) mass is 1160 g/mol. The van der Waals surface area contributed by atoms with E-state index in [1.54, 1.807) is 53.7 Å². The zero-order valence-electron chi connectivity index (χ0n) is 47.6. The molecule has 0 unspecified atom stereocenters. The average Bonchev–Trinajstić information content (AvgIpc) is 4.24. The van der Waals surface area contributed by atoms with Crippen LogP contribution in [0.15, 0.2) is 29.3 Å². The van der Waals surface area contributed by atoms with Crippen LogP contribution in [0.2, 0.25) is 0 Å². The molecule has 0 aliphatic carbocycles. The zero-order chi connectivity index (χ0) is 61.5. The van der Waals surface area contributed by atoms with E-state index in [-0.39, 0.29) is 101 Å². The van der Waals surface area contributed by atoms with Crippen molar-refractivity contribution in [2.45, 2.75) is 173 Å². The minimum atomic E-state index is -1.47. The van der Waals surface area contributed by atoms with Crippen LogP contribution in [0.4, 0.5) is 0 Å². The highest BCUT2D eigenvalue weighted by Gasteiger charge is 2.42. The third-order valence-electron chi connectivity index (χ3n) is 13.9. The van der Waals surface area contributed by atoms with E-state index in [9.17, 15) is 67.7 Å². The first kappa shape index (κ1) is 68.2. The lowest BCUT2D eigenvalue weighted by Crippen LogP contribution is -2.60. The number of hydrogen-bond donors (Lipinski definition) is 14. The van der Waals surface area contributed by atoms with Gasteiger partial charge in [-0.15, -0.1) is 0 Å². The van der Waals surface area contributed by atoms with Crippen LogP contribution in [-0.2, 0) is 64.0 Å². The molecule has 0 radical (unpaired) electrons. The van der Waals surface area contributed by atoms with Gasteiger partial charge >= 0.3 is 5.97 Å². The summed E-state index contributed by atoms with van der Waals surface area (Å²) in [6.07, 6.45) is 0.104. The normalized spacial score (nSPS) is 17.5. The summed E-state index contributed by atoms with van der Waals surface area (Å²) in [6, 6.07) is -5.32. The number of carbonyl (C=O) groups excluding carboxylic acids is 11. The molecule has 0 saturated carbocycles. The van der Waals surface area contributed by atoms with Crippen molar-refractivity contribution < 1.29 is 67.7 Å². The molecule has 9 atom stereocenters. The lowest BCUT2D eigenvalue weighted by molar-refractivity contribution is -0.143. The van der Waals surface area contributed by atoms with E-state index in [4.69, 9.17) is 28.7 Å². The van der Waals surface area contributed by atoms with Crippen molar-refractivity contribution in [2.24, 2.45) is 51.4 Å². The van der Waals surface area contributed by atoms with Crippen molar-refractivity contribution in [3.63, 3.8) is 0 Å². The summed E-state index contributed by atoms with van der Waals surface area (Å²) >= 11 is 0. The van der Waals surface area contributed by atoms with Crippen molar-refractivity contribution in [3.05, 3.63) is 29.8 Å². The number of phenols is 1. The summed E-state index contributed by atoms with van der Waals surface area (Å²) in [5.74, 6) is -11.1. The molecule has 82 heavy (non-hydrogen) atoms. The minimum Gasteiger partial charge on any atom is -0.508 e. The maximum Gasteiger partial charge on any atom is 0.326 e. The van der Waals surface area contributed by atoms with Gasteiger partial charge in [-0.1, -0.05) is 53.7 Å². The Hall–Kier alpha value is -8.11. The molecule has 2 aliphatic rings. The smallest absolute Gasteiger partial charge is 0.326 e. The summed E-state index contributed by atoms with van der Waals surface area (Å²) in [5.41, 5.74) is 28.2. The Balaban J connectivity index is 1.71. The van der Waals surface area contributed by atoms with Crippen LogP contribution in [0.1, 0.15) is 118 Å². The second-order valence-corrected chi connectivity index (χ2v) is 21.8. The lowest BCUT2D eigenvalue weighted by atomic mass is 9.99. The number of guanidine groups is 1. The molecule has 11 amide bonds. The number of aliphatic imine (C=N–C) groups is 1. The molecule has 1 aromatic carbocycles. The molecule has 2 heterocycles. The average molecular weight is 1160 g/mol. The molecular weight excluding hydrogens is 1070 g/mol. The first-order valence-corrected chi connectivity index (χ1v) is 27.6.